The van der Waals surface area contributed by atoms with Crippen LogP contribution in [0, 0.1) is 0 Å². The van der Waals surface area contributed by atoms with Gasteiger partial charge in [0.2, 0.25) is 0 Å². The van der Waals surface area contributed by atoms with Crippen molar-refractivity contribution in [1.29, 1.82) is 0 Å². The van der Waals surface area contributed by atoms with Gasteiger partial charge in [-0.2, -0.15) is 0 Å². The molecular weight excluding hydrogens is 204 g/mol. The number of anilines is 1. The average molecular weight is 215 g/mol. The standard InChI is InChI=1S/C9H11ClN2O2/c1-6(9(13)14-2)12-7-3-4-11-8(10)5-7/h3-6H,1-2H3,(H,11,12). The Hall–Kier alpha value is -1.29. The number of rotatable bonds is 3. The van der Waals surface area contributed by atoms with Crippen molar-refractivity contribution in [1.82, 2.24) is 4.98 Å². The maximum Gasteiger partial charge on any atom is 0.327 e. The summed E-state index contributed by atoms with van der Waals surface area (Å²) in [5.74, 6) is -0.321. The van der Waals surface area contributed by atoms with Crippen LogP contribution in [0.25, 0.3) is 0 Å². The highest BCUT2D eigenvalue weighted by Crippen LogP contribution is 2.12. The van der Waals surface area contributed by atoms with Gasteiger partial charge in [-0.15, -0.1) is 0 Å². The molecule has 1 aromatic heterocycles. The van der Waals surface area contributed by atoms with E-state index in [1.54, 1.807) is 25.3 Å². The molecule has 0 aliphatic carbocycles. The van der Waals surface area contributed by atoms with Crippen LogP contribution in [0.1, 0.15) is 6.92 Å². The third-order valence-electron chi connectivity index (χ3n) is 1.66. The molecule has 0 saturated heterocycles. The molecule has 0 aliphatic rings. The van der Waals surface area contributed by atoms with Gasteiger partial charge in [0.05, 0.1) is 7.11 Å². The molecule has 14 heavy (non-hydrogen) atoms. The number of esters is 1. The zero-order valence-corrected chi connectivity index (χ0v) is 8.71. The van der Waals surface area contributed by atoms with Crippen molar-refractivity contribution >= 4 is 23.3 Å². The molecule has 0 bridgehead atoms. The van der Waals surface area contributed by atoms with Crippen molar-refractivity contribution in [2.75, 3.05) is 12.4 Å². The van der Waals surface area contributed by atoms with Crippen LogP contribution in [-0.2, 0) is 9.53 Å². The number of ether oxygens (including phenoxy) is 1. The van der Waals surface area contributed by atoms with Gasteiger partial charge in [-0.3, -0.25) is 0 Å². The van der Waals surface area contributed by atoms with Crippen LogP contribution in [0.5, 0.6) is 0 Å². The molecule has 1 aromatic rings. The van der Waals surface area contributed by atoms with Gasteiger partial charge in [0.25, 0.3) is 0 Å². The van der Waals surface area contributed by atoms with E-state index >= 15 is 0 Å². The lowest BCUT2D eigenvalue weighted by molar-refractivity contribution is -0.141. The van der Waals surface area contributed by atoms with Crippen molar-refractivity contribution in [3.8, 4) is 0 Å². The number of methoxy groups -OCH3 is 1. The number of aromatic nitrogens is 1. The SMILES string of the molecule is COC(=O)C(C)Nc1ccnc(Cl)c1. The first-order valence-corrected chi connectivity index (χ1v) is 4.47. The zero-order valence-electron chi connectivity index (χ0n) is 7.95. The summed E-state index contributed by atoms with van der Waals surface area (Å²) >= 11 is 5.67. The Balaban J connectivity index is 2.64. The van der Waals surface area contributed by atoms with Crippen molar-refractivity contribution < 1.29 is 9.53 Å². The van der Waals surface area contributed by atoms with Crippen LogP contribution in [0.4, 0.5) is 5.69 Å². The number of pyridine rings is 1. The number of hydrogen-bond acceptors (Lipinski definition) is 4. The van der Waals surface area contributed by atoms with Crippen LogP contribution in [-0.4, -0.2) is 24.1 Å². The van der Waals surface area contributed by atoms with E-state index in [0.717, 1.165) is 5.69 Å². The van der Waals surface area contributed by atoms with Gasteiger partial charge < -0.3 is 10.1 Å². The highest BCUT2D eigenvalue weighted by atomic mass is 35.5. The van der Waals surface area contributed by atoms with Crippen molar-refractivity contribution in [3.63, 3.8) is 0 Å². The Bertz CT molecular complexity index is 330. The van der Waals surface area contributed by atoms with Gasteiger partial charge in [0, 0.05) is 11.9 Å². The van der Waals surface area contributed by atoms with Crippen molar-refractivity contribution in [2.45, 2.75) is 13.0 Å². The summed E-state index contributed by atoms with van der Waals surface area (Å²) in [7, 11) is 1.35. The number of carbonyl (C=O) groups is 1. The van der Waals surface area contributed by atoms with Gasteiger partial charge in [-0.1, -0.05) is 11.6 Å². The molecule has 0 radical (unpaired) electrons. The van der Waals surface area contributed by atoms with E-state index < -0.39 is 6.04 Å². The molecule has 1 unspecified atom stereocenters. The molecule has 0 aliphatic heterocycles. The summed E-state index contributed by atoms with van der Waals surface area (Å²) in [5.41, 5.74) is 0.739. The molecule has 0 saturated carbocycles. The highest BCUT2D eigenvalue weighted by Gasteiger charge is 2.12. The average Bonchev–Trinajstić information content (AvgIpc) is 2.16. The Morgan fingerprint density at radius 2 is 2.43 bits per heavy atom. The molecule has 0 aromatic carbocycles. The number of hydrogen-bond donors (Lipinski definition) is 1. The first-order chi connectivity index (χ1) is 6.63. The summed E-state index contributed by atoms with van der Waals surface area (Å²) in [5, 5.41) is 3.32. The van der Waals surface area contributed by atoms with Gasteiger partial charge in [0.1, 0.15) is 11.2 Å². The minimum Gasteiger partial charge on any atom is -0.467 e. The lowest BCUT2D eigenvalue weighted by Crippen LogP contribution is -2.27. The van der Waals surface area contributed by atoms with Gasteiger partial charge in [0.15, 0.2) is 0 Å². The van der Waals surface area contributed by atoms with Crippen LogP contribution in [0.2, 0.25) is 5.15 Å². The fourth-order valence-electron chi connectivity index (χ4n) is 0.978. The largest absolute Gasteiger partial charge is 0.467 e. The smallest absolute Gasteiger partial charge is 0.327 e. The van der Waals surface area contributed by atoms with E-state index in [1.165, 1.54) is 7.11 Å². The van der Waals surface area contributed by atoms with E-state index in [9.17, 15) is 4.79 Å². The van der Waals surface area contributed by atoms with Gasteiger partial charge >= 0.3 is 5.97 Å². The number of halogens is 1. The minimum atomic E-state index is -0.404. The monoisotopic (exact) mass is 214 g/mol. The summed E-state index contributed by atoms with van der Waals surface area (Å²) in [4.78, 5) is 14.9. The van der Waals surface area contributed by atoms with Crippen LogP contribution in [0.15, 0.2) is 18.3 Å². The Morgan fingerprint density at radius 3 is 3.00 bits per heavy atom. The number of nitrogens with zero attached hydrogens (tertiary/aromatic N) is 1. The predicted octanol–water partition coefficient (Wildman–Crippen LogP) is 1.71. The van der Waals surface area contributed by atoms with E-state index in [0.29, 0.717) is 5.15 Å². The first kappa shape index (κ1) is 10.8. The Morgan fingerprint density at radius 1 is 1.71 bits per heavy atom. The van der Waals surface area contributed by atoms with E-state index in [-0.39, 0.29) is 5.97 Å². The number of nitrogens with one attached hydrogen (secondary N) is 1. The van der Waals surface area contributed by atoms with E-state index in [2.05, 4.69) is 15.0 Å². The Labute approximate surface area is 87.2 Å². The molecular formula is C9H11ClN2O2. The quantitative estimate of drug-likeness (QED) is 0.615. The Kier molecular flexibility index (Phi) is 3.71. The zero-order chi connectivity index (χ0) is 10.6. The van der Waals surface area contributed by atoms with Gasteiger partial charge in [-0.25, -0.2) is 9.78 Å². The minimum absolute atomic E-state index is 0.321. The van der Waals surface area contributed by atoms with Gasteiger partial charge in [-0.05, 0) is 19.1 Å². The molecule has 4 nitrogen and oxygen atoms in total. The van der Waals surface area contributed by atoms with Crippen LogP contribution in [0.3, 0.4) is 0 Å². The maximum atomic E-state index is 11.1. The molecule has 1 heterocycles. The molecule has 5 heteroatoms. The maximum absolute atomic E-state index is 11.1. The first-order valence-electron chi connectivity index (χ1n) is 4.09. The summed E-state index contributed by atoms with van der Waals surface area (Å²) in [6.45, 7) is 1.71. The third kappa shape index (κ3) is 2.88. The fraction of sp³-hybridized carbons (Fsp3) is 0.333. The van der Waals surface area contributed by atoms with Crippen LogP contribution >= 0.6 is 11.6 Å². The molecule has 1 atom stereocenters. The molecule has 1 rings (SSSR count). The fourth-order valence-corrected chi connectivity index (χ4v) is 1.15. The van der Waals surface area contributed by atoms with Crippen molar-refractivity contribution in [2.24, 2.45) is 0 Å². The topological polar surface area (TPSA) is 51.2 Å². The van der Waals surface area contributed by atoms with E-state index in [4.69, 9.17) is 11.6 Å². The lowest BCUT2D eigenvalue weighted by atomic mass is 10.3. The predicted molar refractivity (Wildman–Crippen MR) is 54.3 cm³/mol. The highest BCUT2D eigenvalue weighted by molar-refractivity contribution is 6.29. The van der Waals surface area contributed by atoms with E-state index in [1.807, 2.05) is 0 Å². The summed E-state index contributed by atoms with van der Waals surface area (Å²) in [6.07, 6.45) is 1.56. The normalized spacial score (nSPS) is 11.9. The van der Waals surface area contributed by atoms with Crippen molar-refractivity contribution in [3.05, 3.63) is 23.5 Å². The summed E-state index contributed by atoms with van der Waals surface area (Å²) in [6, 6.07) is 2.96. The molecule has 76 valence electrons. The number of carbonyl (C=O) groups excluding carboxylic acids is 1. The molecule has 0 fully saturated rings. The lowest BCUT2D eigenvalue weighted by Gasteiger charge is -2.12. The molecule has 0 spiro atoms. The second-order valence-electron chi connectivity index (χ2n) is 2.76. The third-order valence-corrected chi connectivity index (χ3v) is 1.87. The second-order valence-corrected chi connectivity index (χ2v) is 3.14. The summed E-state index contributed by atoms with van der Waals surface area (Å²) < 4.78 is 4.56. The molecule has 1 N–H and O–H groups in total. The second kappa shape index (κ2) is 4.81. The van der Waals surface area contributed by atoms with Crippen LogP contribution < -0.4 is 5.32 Å². The molecule has 0 amide bonds.